The van der Waals surface area contributed by atoms with Crippen molar-refractivity contribution in [2.45, 2.75) is 6.61 Å². The van der Waals surface area contributed by atoms with Crippen molar-refractivity contribution in [3.8, 4) is 11.1 Å². The third-order valence-corrected chi connectivity index (χ3v) is 4.09. The lowest BCUT2D eigenvalue weighted by Crippen LogP contribution is -2.24. The highest BCUT2D eigenvalue weighted by molar-refractivity contribution is 7.85. The minimum atomic E-state index is -3.66. The summed E-state index contributed by atoms with van der Waals surface area (Å²) in [6.07, 6.45) is 0.930. The second-order valence-corrected chi connectivity index (χ2v) is 7.90. The molecule has 0 radical (unpaired) electrons. The van der Waals surface area contributed by atoms with Crippen LogP contribution in [0, 0.1) is 0 Å². The van der Waals surface area contributed by atoms with Gasteiger partial charge in [0.2, 0.25) is 0 Å². The maximum Gasteiger partial charge on any atom is 0.280 e. The summed E-state index contributed by atoms with van der Waals surface area (Å²) in [5.74, 6) is -1.07. The molecule has 1 amide bonds. The molecule has 2 rings (SSSR count). The summed E-state index contributed by atoms with van der Waals surface area (Å²) in [5, 5.41) is 0.810. The number of aliphatic imine (C=N–C) groups is 1. The zero-order valence-corrected chi connectivity index (χ0v) is 15.9. The van der Waals surface area contributed by atoms with Gasteiger partial charge in [-0.3, -0.25) is 8.98 Å². The maximum atomic E-state index is 12.2. The Balaban J connectivity index is 2.55. The number of hydrogen-bond donors (Lipinski definition) is 2. The Morgan fingerprint density at radius 3 is 2.15 bits per heavy atom. The lowest BCUT2D eigenvalue weighted by atomic mass is 9.99. The number of hydrogen-bond acceptors (Lipinski definition) is 4. The number of carbonyl (C=O) groups excluding carboxylic acids is 1. The lowest BCUT2D eigenvalue weighted by Gasteiger charge is -2.10. The Hall–Kier alpha value is -2.13. The number of halogens is 2. The van der Waals surface area contributed by atoms with Crippen molar-refractivity contribution in [3.05, 3.63) is 57.6 Å². The molecule has 0 atom stereocenters. The van der Waals surface area contributed by atoms with E-state index in [-0.39, 0.29) is 18.1 Å². The molecule has 26 heavy (non-hydrogen) atoms. The van der Waals surface area contributed by atoms with E-state index < -0.39 is 16.0 Å². The highest BCUT2D eigenvalue weighted by atomic mass is 35.5. The molecular weight excluding hydrogens is 401 g/mol. The van der Waals surface area contributed by atoms with Gasteiger partial charge in [-0.25, -0.2) is 0 Å². The Morgan fingerprint density at radius 1 is 1.04 bits per heavy atom. The quantitative estimate of drug-likeness (QED) is 0.439. The molecule has 0 bridgehead atoms. The van der Waals surface area contributed by atoms with Crippen LogP contribution < -0.4 is 11.5 Å². The predicted octanol–water partition coefficient (Wildman–Crippen LogP) is 2.55. The minimum absolute atomic E-state index is 0.152. The second-order valence-electron chi connectivity index (χ2n) is 5.38. The van der Waals surface area contributed by atoms with E-state index in [1.165, 1.54) is 6.07 Å². The first-order chi connectivity index (χ1) is 12.0. The van der Waals surface area contributed by atoms with E-state index in [0.717, 1.165) is 6.26 Å². The molecular formula is C16H15Cl2N3O4S. The number of carbonyl (C=O) groups is 1. The van der Waals surface area contributed by atoms with Gasteiger partial charge in [0.15, 0.2) is 5.96 Å². The molecule has 0 saturated carbocycles. The van der Waals surface area contributed by atoms with Crippen molar-refractivity contribution in [2.24, 2.45) is 16.5 Å². The molecule has 0 saturated heterocycles. The first kappa shape index (κ1) is 20.2. The van der Waals surface area contributed by atoms with Gasteiger partial charge in [-0.2, -0.15) is 13.4 Å². The molecule has 0 aromatic heterocycles. The SMILES string of the molecule is CS(=O)(=O)OCc1cc(C(=O)N=C(N)N)cc(-c2cc(Cl)cc(Cl)c2)c1. The summed E-state index contributed by atoms with van der Waals surface area (Å²) < 4.78 is 27.3. The van der Waals surface area contributed by atoms with E-state index in [1.807, 2.05) is 0 Å². The maximum absolute atomic E-state index is 12.2. The molecule has 0 heterocycles. The van der Waals surface area contributed by atoms with E-state index in [1.54, 1.807) is 30.3 Å². The fourth-order valence-corrected chi connectivity index (χ4v) is 3.02. The smallest absolute Gasteiger partial charge is 0.280 e. The Morgan fingerprint density at radius 2 is 1.62 bits per heavy atom. The van der Waals surface area contributed by atoms with Crippen LogP contribution in [0.2, 0.25) is 10.0 Å². The van der Waals surface area contributed by atoms with Crippen molar-refractivity contribution in [1.82, 2.24) is 0 Å². The minimum Gasteiger partial charge on any atom is -0.370 e. The zero-order valence-electron chi connectivity index (χ0n) is 13.6. The molecule has 4 N–H and O–H groups in total. The predicted molar refractivity (Wildman–Crippen MR) is 102 cm³/mol. The Kier molecular flexibility index (Phi) is 6.25. The van der Waals surface area contributed by atoms with E-state index in [0.29, 0.717) is 26.7 Å². The van der Waals surface area contributed by atoms with E-state index >= 15 is 0 Å². The molecule has 0 unspecified atom stereocenters. The Bertz CT molecular complexity index is 967. The molecule has 138 valence electrons. The average molecular weight is 416 g/mol. The van der Waals surface area contributed by atoms with Crippen LogP contribution in [0.5, 0.6) is 0 Å². The van der Waals surface area contributed by atoms with Gasteiger partial charge >= 0.3 is 0 Å². The normalized spacial score (nSPS) is 11.2. The van der Waals surface area contributed by atoms with Crippen molar-refractivity contribution in [2.75, 3.05) is 6.26 Å². The van der Waals surface area contributed by atoms with Crippen LogP contribution in [-0.4, -0.2) is 26.5 Å². The third-order valence-electron chi connectivity index (χ3n) is 3.11. The van der Waals surface area contributed by atoms with Crippen molar-refractivity contribution in [3.63, 3.8) is 0 Å². The van der Waals surface area contributed by atoms with Gasteiger partial charge in [0.25, 0.3) is 16.0 Å². The molecule has 0 spiro atoms. The fourth-order valence-electron chi connectivity index (χ4n) is 2.14. The second kappa shape index (κ2) is 8.05. The fraction of sp³-hybridized carbons (Fsp3) is 0.125. The zero-order chi connectivity index (χ0) is 19.5. The summed E-state index contributed by atoms with van der Waals surface area (Å²) in [7, 11) is -3.66. The van der Waals surface area contributed by atoms with Crippen molar-refractivity contribution in [1.29, 1.82) is 0 Å². The number of benzene rings is 2. The van der Waals surface area contributed by atoms with Gasteiger partial charge in [0.05, 0.1) is 12.9 Å². The van der Waals surface area contributed by atoms with Crippen LogP contribution in [0.4, 0.5) is 0 Å². The number of rotatable bonds is 5. The number of nitrogens with two attached hydrogens (primary N) is 2. The van der Waals surface area contributed by atoms with E-state index in [4.69, 9.17) is 38.9 Å². The van der Waals surface area contributed by atoms with Gasteiger partial charge in [-0.05, 0) is 53.1 Å². The standard InChI is InChI=1S/C16H15Cl2N3O4S/c1-26(23,24)25-8-9-2-10(11-5-13(17)7-14(18)6-11)4-12(3-9)15(22)21-16(19)20/h2-7H,8H2,1H3,(H4,19,20,21,22). The molecule has 7 nitrogen and oxygen atoms in total. The van der Waals surface area contributed by atoms with E-state index in [9.17, 15) is 13.2 Å². The van der Waals surface area contributed by atoms with Gasteiger partial charge < -0.3 is 11.5 Å². The third kappa shape index (κ3) is 5.99. The monoisotopic (exact) mass is 415 g/mol. The van der Waals surface area contributed by atoms with Gasteiger partial charge in [-0.1, -0.05) is 23.2 Å². The van der Waals surface area contributed by atoms with Crippen LogP contribution in [0.3, 0.4) is 0 Å². The van der Waals surface area contributed by atoms with Crippen LogP contribution in [-0.2, 0) is 20.9 Å². The topological polar surface area (TPSA) is 125 Å². The molecule has 10 heteroatoms. The average Bonchev–Trinajstić information content (AvgIpc) is 2.50. The van der Waals surface area contributed by atoms with Crippen molar-refractivity contribution < 1.29 is 17.4 Å². The van der Waals surface area contributed by atoms with Crippen molar-refractivity contribution >= 4 is 45.2 Å². The first-order valence-electron chi connectivity index (χ1n) is 7.12. The highest BCUT2D eigenvalue weighted by Gasteiger charge is 2.12. The number of nitrogens with zero attached hydrogens (tertiary/aromatic N) is 1. The molecule has 2 aromatic rings. The summed E-state index contributed by atoms with van der Waals surface area (Å²) in [5.41, 5.74) is 12.3. The van der Waals surface area contributed by atoms with Crippen LogP contribution in [0.1, 0.15) is 15.9 Å². The number of amides is 1. The molecule has 2 aromatic carbocycles. The summed E-state index contributed by atoms with van der Waals surface area (Å²) in [6.45, 7) is -0.261. The van der Waals surface area contributed by atoms with E-state index in [2.05, 4.69) is 4.99 Å². The van der Waals surface area contributed by atoms with Gasteiger partial charge in [0, 0.05) is 15.6 Å². The number of guanidine groups is 1. The van der Waals surface area contributed by atoms with Crippen LogP contribution >= 0.6 is 23.2 Å². The molecule has 0 aliphatic carbocycles. The largest absolute Gasteiger partial charge is 0.370 e. The summed E-state index contributed by atoms with van der Waals surface area (Å²) in [6, 6.07) is 9.50. The van der Waals surface area contributed by atoms with Gasteiger partial charge in [0.1, 0.15) is 0 Å². The first-order valence-corrected chi connectivity index (χ1v) is 9.69. The summed E-state index contributed by atoms with van der Waals surface area (Å²) >= 11 is 12.0. The van der Waals surface area contributed by atoms with Gasteiger partial charge in [-0.15, -0.1) is 0 Å². The lowest BCUT2D eigenvalue weighted by molar-refractivity contribution is 0.100. The molecule has 0 aliphatic rings. The Labute approximate surface area is 160 Å². The molecule has 0 fully saturated rings. The van der Waals surface area contributed by atoms with Crippen LogP contribution in [0.25, 0.3) is 11.1 Å². The summed E-state index contributed by atoms with van der Waals surface area (Å²) in [4.78, 5) is 15.7. The van der Waals surface area contributed by atoms with Crippen LogP contribution in [0.15, 0.2) is 41.4 Å². The highest BCUT2D eigenvalue weighted by Crippen LogP contribution is 2.29. The molecule has 0 aliphatic heterocycles.